The van der Waals surface area contributed by atoms with E-state index in [2.05, 4.69) is 30.5 Å². The van der Waals surface area contributed by atoms with E-state index in [1.807, 2.05) is 0 Å². The minimum atomic E-state index is -0.854. The van der Waals surface area contributed by atoms with Gasteiger partial charge in [0.15, 0.2) is 11.8 Å². The highest BCUT2D eigenvalue weighted by Gasteiger charge is 2.38. The first-order valence-corrected chi connectivity index (χ1v) is 7.23. The molecule has 138 valence electrons. The van der Waals surface area contributed by atoms with E-state index in [-0.39, 0.29) is 17.3 Å². The zero-order chi connectivity index (χ0) is 19.1. The SMILES string of the molecule is COC(=O)N/N=C1/C(=N)O[C@H](c2cccc(OC)c2)/C1=N/NC(=O)OC. The molecule has 1 heterocycles. The number of carbonyl (C=O) groups excluding carboxylic acids is 2. The largest absolute Gasteiger partial charge is 0.497 e. The molecule has 1 fully saturated rings. The number of rotatable bonds is 4. The van der Waals surface area contributed by atoms with Crippen molar-refractivity contribution in [2.24, 2.45) is 10.2 Å². The van der Waals surface area contributed by atoms with Crippen LogP contribution in [0.15, 0.2) is 34.5 Å². The third-order valence-corrected chi connectivity index (χ3v) is 3.24. The fourth-order valence-electron chi connectivity index (χ4n) is 2.02. The molecule has 26 heavy (non-hydrogen) atoms. The number of hydrogen-bond donors (Lipinski definition) is 3. The first-order chi connectivity index (χ1) is 12.5. The fourth-order valence-corrected chi connectivity index (χ4v) is 2.02. The summed E-state index contributed by atoms with van der Waals surface area (Å²) in [5, 5.41) is 15.6. The van der Waals surface area contributed by atoms with Gasteiger partial charge < -0.3 is 18.9 Å². The van der Waals surface area contributed by atoms with E-state index in [1.54, 1.807) is 24.3 Å². The van der Waals surface area contributed by atoms with Crippen LogP contribution in [-0.4, -0.2) is 50.8 Å². The van der Waals surface area contributed by atoms with Gasteiger partial charge in [-0.15, -0.1) is 0 Å². The standard InChI is InChI=1S/C15H17N5O6/c1-23-9-6-4-5-8(7-9)12-10(17-19-14(21)24-2)11(13(16)26-12)18-20-15(22)25-3/h4-7,12,16H,1-3H3,(H,19,21)(H,20,22)/b16-13?,17-10+,18-11+/t12-/m1/s1. The maximum absolute atomic E-state index is 11.3. The second kappa shape index (κ2) is 8.46. The van der Waals surface area contributed by atoms with Crippen molar-refractivity contribution in [2.45, 2.75) is 6.10 Å². The highest BCUT2D eigenvalue weighted by atomic mass is 16.5. The lowest BCUT2D eigenvalue weighted by Gasteiger charge is -2.11. The third-order valence-electron chi connectivity index (χ3n) is 3.24. The quantitative estimate of drug-likeness (QED) is 0.685. The molecule has 1 atom stereocenters. The molecule has 1 aliphatic heterocycles. The highest BCUT2D eigenvalue weighted by Crippen LogP contribution is 2.28. The van der Waals surface area contributed by atoms with Crippen LogP contribution in [0, 0.1) is 5.41 Å². The molecule has 3 N–H and O–H groups in total. The number of carbonyl (C=O) groups is 2. The molecule has 11 heteroatoms. The lowest BCUT2D eigenvalue weighted by atomic mass is 10.0. The number of ether oxygens (including phenoxy) is 4. The van der Waals surface area contributed by atoms with E-state index >= 15 is 0 Å². The van der Waals surface area contributed by atoms with Crippen LogP contribution in [0.4, 0.5) is 9.59 Å². The van der Waals surface area contributed by atoms with E-state index < -0.39 is 18.3 Å². The van der Waals surface area contributed by atoms with Gasteiger partial charge in [-0.05, 0) is 12.1 Å². The van der Waals surface area contributed by atoms with Crippen molar-refractivity contribution in [3.63, 3.8) is 0 Å². The fraction of sp³-hybridized carbons (Fsp3) is 0.267. The zero-order valence-electron chi connectivity index (χ0n) is 14.2. The van der Waals surface area contributed by atoms with Gasteiger partial charge in [0.25, 0.3) is 0 Å². The molecule has 0 unspecified atom stereocenters. The monoisotopic (exact) mass is 363 g/mol. The van der Waals surface area contributed by atoms with Crippen molar-refractivity contribution in [3.05, 3.63) is 29.8 Å². The normalized spacial score (nSPS) is 19.0. The summed E-state index contributed by atoms with van der Waals surface area (Å²) in [5.41, 5.74) is 4.84. The number of hydrogen-bond acceptors (Lipinski definition) is 9. The molecule has 0 radical (unpaired) electrons. The van der Waals surface area contributed by atoms with Gasteiger partial charge >= 0.3 is 12.2 Å². The molecule has 2 amide bonds. The van der Waals surface area contributed by atoms with Crippen LogP contribution in [0.1, 0.15) is 11.7 Å². The van der Waals surface area contributed by atoms with Gasteiger partial charge in [0.05, 0.1) is 21.3 Å². The van der Waals surface area contributed by atoms with Crippen molar-refractivity contribution in [3.8, 4) is 5.75 Å². The summed E-state index contributed by atoms with van der Waals surface area (Å²) in [6.07, 6.45) is -2.51. The Morgan fingerprint density at radius 2 is 1.77 bits per heavy atom. The van der Waals surface area contributed by atoms with Crippen LogP contribution < -0.4 is 15.6 Å². The van der Waals surface area contributed by atoms with Crippen molar-refractivity contribution in [2.75, 3.05) is 21.3 Å². The molecule has 0 aromatic heterocycles. The van der Waals surface area contributed by atoms with Gasteiger partial charge in [0, 0.05) is 5.56 Å². The van der Waals surface area contributed by atoms with Crippen molar-refractivity contribution >= 4 is 29.5 Å². The van der Waals surface area contributed by atoms with E-state index in [0.29, 0.717) is 11.3 Å². The predicted octanol–water partition coefficient (Wildman–Crippen LogP) is 1.17. The number of benzene rings is 1. The summed E-state index contributed by atoms with van der Waals surface area (Å²) in [6, 6.07) is 6.88. The maximum Gasteiger partial charge on any atom is 0.427 e. The van der Waals surface area contributed by atoms with Crippen molar-refractivity contribution < 1.29 is 28.5 Å². The Bertz CT molecular complexity index is 776. The lowest BCUT2D eigenvalue weighted by Crippen LogP contribution is -2.27. The zero-order valence-corrected chi connectivity index (χ0v) is 14.2. The molecule has 0 saturated carbocycles. The molecule has 0 spiro atoms. The molecule has 11 nitrogen and oxygen atoms in total. The Morgan fingerprint density at radius 3 is 2.38 bits per heavy atom. The van der Waals surface area contributed by atoms with Gasteiger partial charge in [-0.25, -0.2) is 20.4 Å². The Labute approximate surface area is 148 Å². The summed E-state index contributed by atoms with van der Waals surface area (Å²) in [5.74, 6) is 0.218. The van der Waals surface area contributed by atoms with E-state index in [1.165, 1.54) is 21.3 Å². The van der Waals surface area contributed by atoms with Gasteiger partial charge in [0.1, 0.15) is 11.5 Å². The highest BCUT2D eigenvalue weighted by molar-refractivity contribution is 6.69. The summed E-state index contributed by atoms with van der Waals surface area (Å²) in [6.45, 7) is 0. The Kier molecular flexibility index (Phi) is 6.09. The molecule has 2 rings (SSSR count). The number of nitrogens with zero attached hydrogens (tertiary/aromatic N) is 2. The molecule has 1 aromatic rings. The summed E-state index contributed by atoms with van der Waals surface area (Å²) < 4.78 is 19.5. The second-order valence-corrected chi connectivity index (χ2v) is 4.77. The smallest absolute Gasteiger partial charge is 0.427 e. The predicted molar refractivity (Wildman–Crippen MR) is 90.5 cm³/mol. The van der Waals surface area contributed by atoms with E-state index in [0.717, 1.165) is 0 Å². The number of hydrazone groups is 2. The maximum atomic E-state index is 11.3. The minimum absolute atomic E-state index is 0.0837. The Hall–Kier alpha value is -3.63. The van der Waals surface area contributed by atoms with Gasteiger partial charge in [0.2, 0.25) is 5.90 Å². The molecular formula is C15H17N5O6. The van der Waals surface area contributed by atoms with Gasteiger partial charge in [-0.2, -0.15) is 10.2 Å². The molecule has 1 aromatic carbocycles. The molecule has 0 bridgehead atoms. The first-order valence-electron chi connectivity index (χ1n) is 7.23. The Balaban J connectivity index is 2.41. The van der Waals surface area contributed by atoms with Crippen LogP contribution in [0.3, 0.4) is 0 Å². The number of amides is 2. The van der Waals surface area contributed by atoms with Crippen LogP contribution >= 0.6 is 0 Å². The van der Waals surface area contributed by atoms with Gasteiger partial charge in [-0.1, -0.05) is 12.1 Å². The van der Waals surface area contributed by atoms with Crippen LogP contribution in [0.2, 0.25) is 0 Å². The lowest BCUT2D eigenvalue weighted by molar-refractivity contribution is 0.170. The summed E-state index contributed by atoms with van der Waals surface area (Å²) >= 11 is 0. The molecular weight excluding hydrogens is 346 g/mol. The van der Waals surface area contributed by atoms with E-state index in [4.69, 9.17) is 14.9 Å². The summed E-state index contributed by atoms with van der Waals surface area (Å²) in [4.78, 5) is 22.6. The minimum Gasteiger partial charge on any atom is -0.497 e. The summed E-state index contributed by atoms with van der Waals surface area (Å²) in [7, 11) is 3.85. The van der Waals surface area contributed by atoms with Crippen LogP contribution in [0.25, 0.3) is 0 Å². The number of nitrogens with one attached hydrogen (secondary N) is 3. The van der Waals surface area contributed by atoms with E-state index in [9.17, 15) is 9.59 Å². The first kappa shape index (κ1) is 18.7. The third kappa shape index (κ3) is 4.26. The second-order valence-electron chi connectivity index (χ2n) is 4.77. The Morgan fingerprint density at radius 1 is 1.12 bits per heavy atom. The average molecular weight is 363 g/mol. The topological polar surface area (TPSA) is 144 Å². The molecule has 1 saturated heterocycles. The van der Waals surface area contributed by atoms with Crippen LogP contribution in [-0.2, 0) is 14.2 Å². The van der Waals surface area contributed by atoms with Gasteiger partial charge in [-0.3, -0.25) is 5.41 Å². The molecule has 1 aliphatic rings. The number of methoxy groups -OCH3 is 3. The van der Waals surface area contributed by atoms with Crippen molar-refractivity contribution in [1.82, 2.24) is 10.9 Å². The average Bonchev–Trinajstić information content (AvgIpc) is 2.99. The molecule has 0 aliphatic carbocycles. The van der Waals surface area contributed by atoms with Crippen LogP contribution in [0.5, 0.6) is 5.75 Å². The van der Waals surface area contributed by atoms with Crippen molar-refractivity contribution in [1.29, 1.82) is 5.41 Å².